The Bertz CT molecular complexity index is 2160. The van der Waals surface area contributed by atoms with Gasteiger partial charge in [0.2, 0.25) is 0 Å². The van der Waals surface area contributed by atoms with Crippen LogP contribution in [-0.2, 0) is 33.3 Å². The molecule has 3 aromatic rings. The molecular weight excluding hydrogens is 762 g/mol. The Morgan fingerprint density at radius 1 is 0.864 bits per heavy atom. The number of hydrogen-bond acceptors (Lipinski definition) is 13. The molecule has 59 heavy (non-hydrogen) atoms. The smallest absolute Gasteiger partial charge is 0.338 e. The summed E-state index contributed by atoms with van der Waals surface area (Å²) in [5.41, 5.74) is -6.86. The van der Waals surface area contributed by atoms with E-state index in [1.54, 1.807) is 92.7 Å². The molecule has 1 heterocycles. The fourth-order valence-electron chi connectivity index (χ4n) is 9.94. The SMILES string of the molecule is CC(=O)O[C@@]12CO[C@@H]1C[C@H](O)[C@@]1(C)C(=O)[C@H](O)C3=C(C)[C@@H](OC(=O)[C@H](O)[C@@H](NC(=O)c4ccccc4)c4ccccc4)C[C@@](O)([C@@H](OC(=O)c4ccccc4)[C@H]21)C3(C)C. The van der Waals surface area contributed by atoms with E-state index in [9.17, 15) is 44.4 Å². The highest BCUT2D eigenvalue weighted by molar-refractivity contribution is 5.95. The normalized spacial score (nSPS) is 33.0. The van der Waals surface area contributed by atoms with Gasteiger partial charge in [-0.25, -0.2) is 9.59 Å². The molecule has 0 aromatic heterocycles. The van der Waals surface area contributed by atoms with Gasteiger partial charge >= 0.3 is 17.9 Å². The summed E-state index contributed by atoms with van der Waals surface area (Å²) in [5.74, 6) is -5.89. The van der Waals surface area contributed by atoms with Crippen molar-refractivity contribution in [2.24, 2.45) is 16.7 Å². The number of Topliss-reactive ketones (excluding diaryl/α,β-unsaturated/α-hetero) is 1. The Hall–Kier alpha value is -5.25. The lowest BCUT2D eigenvalue weighted by molar-refractivity contribution is -0.346. The van der Waals surface area contributed by atoms with E-state index in [1.807, 2.05) is 0 Å². The predicted octanol–water partition coefficient (Wildman–Crippen LogP) is 3.16. The zero-order valence-electron chi connectivity index (χ0n) is 33.4. The molecule has 2 bridgehead atoms. The van der Waals surface area contributed by atoms with E-state index in [2.05, 4.69) is 5.32 Å². The molecule has 1 saturated heterocycles. The lowest BCUT2D eigenvalue weighted by Crippen LogP contribution is -2.81. The number of ketones is 1. The van der Waals surface area contributed by atoms with Crippen LogP contribution in [0.25, 0.3) is 0 Å². The summed E-state index contributed by atoms with van der Waals surface area (Å²) in [4.78, 5) is 69.5. The number of aliphatic hydroxyl groups excluding tert-OH is 3. The first-order valence-corrected chi connectivity index (χ1v) is 19.6. The Balaban J connectivity index is 1.34. The molecule has 5 N–H and O–H groups in total. The van der Waals surface area contributed by atoms with Crippen molar-refractivity contribution < 1.29 is 63.3 Å². The largest absolute Gasteiger partial charge is 0.456 e. The number of rotatable bonds is 9. The number of carbonyl (C=O) groups is 5. The Morgan fingerprint density at radius 2 is 1.44 bits per heavy atom. The molecule has 312 valence electrons. The average molecular weight is 812 g/mol. The number of aliphatic hydroxyl groups is 4. The van der Waals surface area contributed by atoms with Crippen molar-refractivity contribution in [3.63, 3.8) is 0 Å². The van der Waals surface area contributed by atoms with Crippen LogP contribution >= 0.6 is 0 Å². The third kappa shape index (κ3) is 6.76. The van der Waals surface area contributed by atoms with Gasteiger partial charge in [-0.05, 0) is 54.8 Å². The van der Waals surface area contributed by atoms with E-state index in [0.29, 0.717) is 5.56 Å². The van der Waals surface area contributed by atoms with Crippen LogP contribution in [0.2, 0.25) is 0 Å². The van der Waals surface area contributed by atoms with E-state index in [1.165, 1.54) is 26.0 Å². The number of amides is 1. The van der Waals surface area contributed by atoms with Gasteiger partial charge in [0.15, 0.2) is 17.5 Å². The molecule has 2 saturated carbocycles. The lowest BCUT2D eigenvalue weighted by atomic mass is 9.44. The van der Waals surface area contributed by atoms with Gasteiger partial charge < -0.3 is 44.7 Å². The van der Waals surface area contributed by atoms with Crippen molar-refractivity contribution in [1.82, 2.24) is 5.32 Å². The number of esters is 3. The van der Waals surface area contributed by atoms with E-state index >= 15 is 0 Å². The standard InChI is InChI=1S/C45H49NO13/c1-24-29(57-41(54)35(50)33(26-15-9-6-10-16-26)46-39(52)27-17-11-7-12-18-27)22-45(55)38(58-40(53)28-19-13-8-14-20-28)36-43(5,37(51)34(49)32(24)42(45,3)4)30(48)21-31-44(36,23-56-31)59-25(2)47/h6-20,29-31,33-36,38,48-50,55H,21-23H2,1-5H3,(H,46,52)/t29-,30-,31+,33-,34+,35+,36-,38-,43+,44-,45+/m0/s1. The van der Waals surface area contributed by atoms with Gasteiger partial charge in [-0.3, -0.25) is 14.4 Å². The molecule has 0 spiro atoms. The van der Waals surface area contributed by atoms with Gasteiger partial charge in [-0.15, -0.1) is 0 Å². The van der Waals surface area contributed by atoms with Crippen LogP contribution in [0, 0.1) is 16.7 Å². The second-order valence-electron chi connectivity index (χ2n) is 16.8. The molecule has 3 fully saturated rings. The van der Waals surface area contributed by atoms with Crippen LogP contribution in [-0.4, -0.2) is 104 Å². The summed E-state index contributed by atoms with van der Waals surface area (Å²) in [7, 11) is 0. The van der Waals surface area contributed by atoms with E-state index in [0.717, 1.165) is 6.92 Å². The van der Waals surface area contributed by atoms with Gasteiger partial charge in [-0.2, -0.15) is 0 Å². The topological polar surface area (TPSA) is 215 Å². The second kappa shape index (κ2) is 15.4. The Morgan fingerprint density at radius 3 is 2.00 bits per heavy atom. The Labute approximate surface area is 341 Å². The molecule has 3 aromatic carbocycles. The molecule has 0 radical (unpaired) electrons. The first kappa shape index (κ1) is 41.9. The molecule has 3 aliphatic carbocycles. The predicted molar refractivity (Wildman–Crippen MR) is 208 cm³/mol. The zero-order valence-corrected chi connectivity index (χ0v) is 33.4. The third-order valence-corrected chi connectivity index (χ3v) is 13.2. The number of nitrogens with one attached hydrogen (secondary N) is 1. The Kier molecular flexibility index (Phi) is 10.9. The monoisotopic (exact) mass is 811 g/mol. The fraction of sp³-hybridized carbons (Fsp3) is 0.444. The second-order valence-corrected chi connectivity index (χ2v) is 16.8. The molecule has 1 amide bonds. The van der Waals surface area contributed by atoms with E-state index in [4.69, 9.17) is 18.9 Å². The zero-order chi connectivity index (χ0) is 42.7. The molecular formula is C45H49NO13. The number of hydrogen-bond donors (Lipinski definition) is 5. The maximum absolute atomic E-state index is 15.0. The van der Waals surface area contributed by atoms with Gasteiger partial charge in [-0.1, -0.05) is 80.6 Å². The van der Waals surface area contributed by atoms with Crippen LogP contribution in [0.4, 0.5) is 0 Å². The van der Waals surface area contributed by atoms with Crippen LogP contribution in [0.3, 0.4) is 0 Å². The van der Waals surface area contributed by atoms with Crippen LogP contribution in [0.1, 0.15) is 79.8 Å². The number of ether oxygens (including phenoxy) is 4. The summed E-state index contributed by atoms with van der Waals surface area (Å²) >= 11 is 0. The lowest BCUT2D eigenvalue weighted by Gasteiger charge is -2.67. The summed E-state index contributed by atoms with van der Waals surface area (Å²) < 4.78 is 24.2. The van der Waals surface area contributed by atoms with Crippen molar-refractivity contribution in [2.45, 2.75) is 101 Å². The summed E-state index contributed by atoms with van der Waals surface area (Å²) in [6.45, 7) is 6.89. The van der Waals surface area contributed by atoms with Gasteiger partial charge in [0.25, 0.3) is 5.91 Å². The minimum absolute atomic E-state index is 0.0540. The van der Waals surface area contributed by atoms with Crippen molar-refractivity contribution in [2.75, 3.05) is 6.61 Å². The molecule has 14 heteroatoms. The minimum Gasteiger partial charge on any atom is -0.456 e. The van der Waals surface area contributed by atoms with Gasteiger partial charge in [0.1, 0.15) is 30.0 Å². The van der Waals surface area contributed by atoms with E-state index < -0.39 is 107 Å². The molecule has 0 unspecified atom stereocenters. The molecule has 1 aliphatic heterocycles. The first-order valence-electron chi connectivity index (χ1n) is 19.6. The highest BCUT2D eigenvalue weighted by Crippen LogP contribution is 2.64. The summed E-state index contributed by atoms with van der Waals surface area (Å²) in [6, 6.07) is 23.1. The highest BCUT2D eigenvalue weighted by Gasteiger charge is 2.78. The maximum atomic E-state index is 15.0. The maximum Gasteiger partial charge on any atom is 0.338 e. The quantitative estimate of drug-likeness (QED) is 0.120. The van der Waals surface area contributed by atoms with E-state index in [-0.39, 0.29) is 35.3 Å². The molecule has 4 aliphatic rings. The molecule has 7 rings (SSSR count). The number of fused-ring (bicyclic) bond motifs is 5. The summed E-state index contributed by atoms with van der Waals surface area (Å²) in [5, 5.41) is 51.9. The van der Waals surface area contributed by atoms with Crippen molar-refractivity contribution in [3.05, 3.63) is 119 Å². The van der Waals surface area contributed by atoms with Crippen LogP contribution < -0.4 is 5.32 Å². The number of carbonyl (C=O) groups excluding carboxylic acids is 5. The molecule has 14 nitrogen and oxygen atoms in total. The van der Waals surface area contributed by atoms with Crippen LogP contribution in [0.15, 0.2) is 102 Å². The minimum atomic E-state index is -2.35. The van der Waals surface area contributed by atoms with Gasteiger partial charge in [0.05, 0.1) is 35.6 Å². The van der Waals surface area contributed by atoms with Crippen molar-refractivity contribution in [1.29, 1.82) is 0 Å². The third-order valence-electron chi connectivity index (χ3n) is 13.2. The average Bonchev–Trinajstić information content (AvgIpc) is 3.21. The highest BCUT2D eigenvalue weighted by atomic mass is 16.6. The number of benzene rings is 3. The fourth-order valence-corrected chi connectivity index (χ4v) is 9.94. The first-order chi connectivity index (χ1) is 27.9. The van der Waals surface area contributed by atoms with Crippen molar-refractivity contribution >= 4 is 29.6 Å². The van der Waals surface area contributed by atoms with Crippen molar-refractivity contribution in [3.8, 4) is 0 Å². The summed E-state index contributed by atoms with van der Waals surface area (Å²) in [6.07, 6.45) is -10.5. The van der Waals surface area contributed by atoms with Crippen LogP contribution in [0.5, 0.6) is 0 Å². The molecule has 11 atom stereocenters. The van der Waals surface area contributed by atoms with Gasteiger partial charge in [0, 0.05) is 30.7 Å².